The number of benzene rings is 2. The minimum absolute atomic E-state index is 0.0385. The molecular formula is C16H15BrClNOS. The molecule has 1 N–H and O–H groups in total. The average Bonchev–Trinajstić information content (AvgIpc) is 2.48. The van der Waals surface area contributed by atoms with Crippen LogP contribution in [0.3, 0.4) is 0 Å². The molecule has 5 heteroatoms. The Balaban J connectivity index is 1.68. The van der Waals surface area contributed by atoms with Crippen LogP contribution in [0.15, 0.2) is 53.0 Å². The van der Waals surface area contributed by atoms with Gasteiger partial charge in [0.15, 0.2) is 0 Å². The van der Waals surface area contributed by atoms with Gasteiger partial charge in [0.2, 0.25) is 0 Å². The molecule has 1 amide bonds. The van der Waals surface area contributed by atoms with Gasteiger partial charge < -0.3 is 5.32 Å². The molecule has 0 fully saturated rings. The van der Waals surface area contributed by atoms with Crippen LogP contribution in [-0.2, 0) is 5.75 Å². The highest BCUT2D eigenvalue weighted by molar-refractivity contribution is 9.10. The molecule has 0 unspecified atom stereocenters. The summed E-state index contributed by atoms with van der Waals surface area (Å²) >= 11 is 11.0. The molecule has 0 aliphatic carbocycles. The predicted molar refractivity (Wildman–Crippen MR) is 94.1 cm³/mol. The van der Waals surface area contributed by atoms with Crippen molar-refractivity contribution in [3.63, 3.8) is 0 Å². The summed E-state index contributed by atoms with van der Waals surface area (Å²) < 4.78 is 0.910. The van der Waals surface area contributed by atoms with Crippen molar-refractivity contribution in [3.8, 4) is 0 Å². The molecule has 0 heterocycles. The fraction of sp³-hybridized carbons (Fsp3) is 0.188. The smallest absolute Gasteiger partial charge is 0.251 e. The SMILES string of the molecule is O=C(NCCSCc1ccc(Cl)cc1)c1cccc(Br)c1. The quantitative estimate of drug-likeness (QED) is 0.727. The monoisotopic (exact) mass is 383 g/mol. The van der Waals surface area contributed by atoms with Gasteiger partial charge in [-0.05, 0) is 35.9 Å². The van der Waals surface area contributed by atoms with E-state index in [1.54, 1.807) is 17.8 Å². The highest BCUT2D eigenvalue weighted by atomic mass is 79.9. The summed E-state index contributed by atoms with van der Waals surface area (Å²) in [5.41, 5.74) is 1.91. The van der Waals surface area contributed by atoms with Crippen molar-refractivity contribution in [2.75, 3.05) is 12.3 Å². The first-order valence-electron chi connectivity index (χ1n) is 6.51. The molecular weight excluding hydrogens is 370 g/mol. The fourth-order valence-corrected chi connectivity index (χ4v) is 3.08. The number of carbonyl (C=O) groups is 1. The van der Waals surface area contributed by atoms with Crippen LogP contribution in [-0.4, -0.2) is 18.2 Å². The maximum absolute atomic E-state index is 11.9. The second-order valence-electron chi connectivity index (χ2n) is 4.45. The van der Waals surface area contributed by atoms with Gasteiger partial charge in [-0.2, -0.15) is 11.8 Å². The molecule has 0 saturated heterocycles. The summed E-state index contributed by atoms with van der Waals surface area (Å²) in [6.07, 6.45) is 0. The molecule has 0 atom stereocenters. The van der Waals surface area contributed by atoms with Gasteiger partial charge in [-0.25, -0.2) is 0 Å². The maximum atomic E-state index is 11.9. The topological polar surface area (TPSA) is 29.1 Å². The highest BCUT2D eigenvalue weighted by Gasteiger charge is 2.04. The first-order chi connectivity index (χ1) is 10.1. The molecule has 110 valence electrons. The van der Waals surface area contributed by atoms with E-state index in [2.05, 4.69) is 21.2 Å². The number of hydrogen-bond donors (Lipinski definition) is 1. The minimum atomic E-state index is -0.0385. The van der Waals surface area contributed by atoms with Crippen LogP contribution < -0.4 is 5.32 Å². The van der Waals surface area contributed by atoms with Crippen LogP contribution in [0.5, 0.6) is 0 Å². The van der Waals surface area contributed by atoms with E-state index in [4.69, 9.17) is 11.6 Å². The lowest BCUT2D eigenvalue weighted by Crippen LogP contribution is -2.25. The van der Waals surface area contributed by atoms with Crippen molar-refractivity contribution in [2.24, 2.45) is 0 Å². The third-order valence-electron chi connectivity index (χ3n) is 2.80. The number of carbonyl (C=O) groups excluding carboxylic acids is 1. The van der Waals surface area contributed by atoms with Crippen LogP contribution in [0.25, 0.3) is 0 Å². The van der Waals surface area contributed by atoms with Gasteiger partial charge in [0, 0.05) is 33.1 Å². The second kappa shape index (κ2) is 8.47. The van der Waals surface area contributed by atoms with Crippen molar-refractivity contribution < 1.29 is 4.79 Å². The number of thioether (sulfide) groups is 1. The highest BCUT2D eigenvalue weighted by Crippen LogP contribution is 2.15. The van der Waals surface area contributed by atoms with E-state index in [9.17, 15) is 4.79 Å². The zero-order valence-electron chi connectivity index (χ0n) is 11.3. The summed E-state index contributed by atoms with van der Waals surface area (Å²) in [6.45, 7) is 0.656. The normalized spacial score (nSPS) is 10.4. The Hall–Kier alpha value is -0.970. The molecule has 0 bridgehead atoms. The molecule has 2 rings (SSSR count). The first-order valence-corrected chi connectivity index (χ1v) is 8.83. The van der Waals surface area contributed by atoms with Crippen LogP contribution in [0.2, 0.25) is 5.02 Å². The largest absolute Gasteiger partial charge is 0.351 e. The van der Waals surface area contributed by atoms with Gasteiger partial charge in [-0.3, -0.25) is 4.79 Å². The van der Waals surface area contributed by atoms with Gasteiger partial charge in [-0.1, -0.05) is 45.7 Å². The summed E-state index contributed by atoms with van der Waals surface area (Å²) in [5.74, 6) is 1.76. The standard InChI is InChI=1S/C16H15BrClNOS/c17-14-3-1-2-13(10-14)16(20)19-8-9-21-11-12-4-6-15(18)7-5-12/h1-7,10H,8-9,11H2,(H,19,20). The average molecular weight is 385 g/mol. The molecule has 21 heavy (non-hydrogen) atoms. The van der Waals surface area contributed by atoms with Gasteiger partial charge in [0.05, 0.1) is 0 Å². The van der Waals surface area contributed by atoms with Gasteiger partial charge in [0.25, 0.3) is 5.91 Å². The molecule has 0 aromatic heterocycles. The Labute approximate surface area is 142 Å². The summed E-state index contributed by atoms with van der Waals surface area (Å²) in [6, 6.07) is 15.2. The Morgan fingerprint density at radius 1 is 1.19 bits per heavy atom. The molecule has 2 aromatic carbocycles. The van der Waals surface area contributed by atoms with E-state index < -0.39 is 0 Å². The third-order valence-corrected chi connectivity index (χ3v) is 4.58. The Kier molecular flexibility index (Phi) is 6.61. The van der Waals surface area contributed by atoms with Crippen molar-refractivity contribution in [3.05, 3.63) is 69.2 Å². The fourth-order valence-electron chi connectivity index (χ4n) is 1.74. The van der Waals surface area contributed by atoms with Crippen LogP contribution >= 0.6 is 39.3 Å². The van der Waals surface area contributed by atoms with E-state index in [1.807, 2.05) is 42.5 Å². The molecule has 2 aromatic rings. The number of nitrogens with one attached hydrogen (secondary N) is 1. The van der Waals surface area contributed by atoms with Crippen LogP contribution in [0, 0.1) is 0 Å². The molecule has 0 radical (unpaired) electrons. The van der Waals surface area contributed by atoms with Crippen LogP contribution in [0.1, 0.15) is 15.9 Å². The van der Waals surface area contributed by atoms with Gasteiger partial charge in [-0.15, -0.1) is 0 Å². The predicted octanol–water partition coefficient (Wildman–Crippen LogP) is 4.77. The Morgan fingerprint density at radius 3 is 2.67 bits per heavy atom. The van der Waals surface area contributed by atoms with E-state index in [0.717, 1.165) is 21.0 Å². The van der Waals surface area contributed by atoms with E-state index in [0.29, 0.717) is 12.1 Å². The lowest BCUT2D eigenvalue weighted by molar-refractivity contribution is 0.0956. The minimum Gasteiger partial charge on any atom is -0.351 e. The summed E-state index contributed by atoms with van der Waals surface area (Å²) in [7, 11) is 0. The van der Waals surface area contributed by atoms with E-state index in [1.165, 1.54) is 5.56 Å². The number of hydrogen-bond acceptors (Lipinski definition) is 2. The Bertz CT molecular complexity index is 603. The number of amides is 1. The first kappa shape index (κ1) is 16.4. The van der Waals surface area contributed by atoms with Crippen molar-refractivity contribution in [1.82, 2.24) is 5.32 Å². The van der Waals surface area contributed by atoms with E-state index >= 15 is 0 Å². The zero-order valence-corrected chi connectivity index (χ0v) is 14.5. The second-order valence-corrected chi connectivity index (χ2v) is 6.90. The van der Waals surface area contributed by atoms with Crippen LogP contribution in [0.4, 0.5) is 0 Å². The van der Waals surface area contributed by atoms with Crippen molar-refractivity contribution >= 4 is 45.2 Å². The van der Waals surface area contributed by atoms with Gasteiger partial charge >= 0.3 is 0 Å². The molecule has 2 nitrogen and oxygen atoms in total. The molecule has 0 saturated carbocycles. The molecule has 0 aliphatic heterocycles. The van der Waals surface area contributed by atoms with Gasteiger partial charge in [0.1, 0.15) is 0 Å². The number of rotatable bonds is 6. The summed E-state index contributed by atoms with van der Waals surface area (Å²) in [4.78, 5) is 11.9. The molecule has 0 aliphatic rings. The zero-order chi connectivity index (χ0) is 15.1. The van der Waals surface area contributed by atoms with Crippen molar-refractivity contribution in [2.45, 2.75) is 5.75 Å². The lowest BCUT2D eigenvalue weighted by atomic mass is 10.2. The maximum Gasteiger partial charge on any atom is 0.251 e. The van der Waals surface area contributed by atoms with E-state index in [-0.39, 0.29) is 5.91 Å². The summed E-state index contributed by atoms with van der Waals surface area (Å²) in [5, 5.41) is 3.67. The third kappa shape index (κ3) is 5.73. The molecule has 0 spiro atoms. The number of halogens is 2. The lowest BCUT2D eigenvalue weighted by Gasteiger charge is -2.06. The Morgan fingerprint density at radius 2 is 1.95 bits per heavy atom. The van der Waals surface area contributed by atoms with Crippen molar-refractivity contribution in [1.29, 1.82) is 0 Å².